The topological polar surface area (TPSA) is 47.6 Å². The highest BCUT2D eigenvalue weighted by atomic mass is 19.4. The van der Waals surface area contributed by atoms with Crippen LogP contribution in [0, 0.1) is 5.92 Å². The summed E-state index contributed by atoms with van der Waals surface area (Å²) in [5, 5.41) is 2.50. The third kappa shape index (κ3) is 5.12. The number of hydrogen-bond acceptors (Lipinski definition) is 3. The van der Waals surface area contributed by atoms with E-state index >= 15 is 0 Å². The van der Waals surface area contributed by atoms with Crippen molar-refractivity contribution >= 4 is 11.6 Å². The van der Waals surface area contributed by atoms with Crippen LogP contribution in [0.4, 0.5) is 18.9 Å². The average molecular weight is 347 g/mol. The summed E-state index contributed by atoms with van der Waals surface area (Å²) in [5.41, 5.74) is -2.00. The number of anilines is 1. The number of carbonyl (C=O) groups is 1. The highest BCUT2D eigenvalue weighted by molar-refractivity contribution is 5.97. The summed E-state index contributed by atoms with van der Waals surface area (Å²) in [7, 11) is 1.40. The first-order valence-corrected chi connectivity index (χ1v) is 7.74. The Kier molecular flexibility index (Phi) is 6.66. The molecule has 0 aliphatic carbocycles. The molecule has 1 aromatic rings. The first kappa shape index (κ1) is 20.3. The van der Waals surface area contributed by atoms with Crippen molar-refractivity contribution in [3.63, 3.8) is 0 Å². The van der Waals surface area contributed by atoms with Crippen molar-refractivity contribution in [1.29, 1.82) is 0 Å². The van der Waals surface area contributed by atoms with Crippen LogP contribution in [0.15, 0.2) is 18.2 Å². The number of methoxy groups -OCH3 is 1. The minimum absolute atomic E-state index is 0.0443. The summed E-state index contributed by atoms with van der Waals surface area (Å²) < 4.78 is 49.7. The van der Waals surface area contributed by atoms with E-state index in [-0.39, 0.29) is 24.0 Å². The van der Waals surface area contributed by atoms with Crippen molar-refractivity contribution < 1.29 is 27.4 Å². The lowest BCUT2D eigenvalue weighted by atomic mass is 9.93. The smallest absolute Gasteiger partial charge is 0.420 e. The molecule has 1 rings (SSSR count). The second kappa shape index (κ2) is 7.88. The van der Waals surface area contributed by atoms with Crippen LogP contribution in [0.3, 0.4) is 0 Å². The van der Waals surface area contributed by atoms with E-state index in [0.29, 0.717) is 6.42 Å². The van der Waals surface area contributed by atoms with E-state index in [4.69, 9.17) is 9.47 Å². The van der Waals surface area contributed by atoms with E-state index in [1.54, 1.807) is 13.8 Å². The molecule has 0 aliphatic heterocycles. The maximum atomic E-state index is 13.1. The summed E-state index contributed by atoms with van der Waals surface area (Å²) in [5.74, 6) is -0.567. The molecule has 1 aromatic carbocycles. The molecule has 136 valence electrons. The molecule has 7 heteroatoms. The zero-order valence-corrected chi connectivity index (χ0v) is 14.6. The Labute approximate surface area is 140 Å². The predicted molar refractivity (Wildman–Crippen MR) is 86.1 cm³/mol. The molecule has 0 saturated carbocycles. The first-order valence-electron chi connectivity index (χ1n) is 7.74. The number of ether oxygens (including phenoxy) is 2. The van der Waals surface area contributed by atoms with E-state index in [1.807, 2.05) is 13.8 Å². The van der Waals surface area contributed by atoms with Gasteiger partial charge in [0.2, 0.25) is 0 Å². The third-order valence-electron chi connectivity index (χ3n) is 3.57. The van der Waals surface area contributed by atoms with Gasteiger partial charge < -0.3 is 14.8 Å². The largest absolute Gasteiger partial charge is 0.493 e. The highest BCUT2D eigenvalue weighted by Crippen LogP contribution is 2.38. The molecule has 1 amide bonds. The SMILES string of the molecule is CCOc1ccc(NC(=O)[C@@](C)(CC(C)C)OC)cc1C(F)(F)F. The Balaban J connectivity index is 3.09. The lowest BCUT2D eigenvalue weighted by molar-refractivity contribution is -0.139. The Bertz CT molecular complexity index is 573. The highest BCUT2D eigenvalue weighted by Gasteiger charge is 2.36. The molecular weight excluding hydrogens is 323 g/mol. The number of alkyl halides is 3. The molecule has 0 aromatic heterocycles. The normalized spacial score (nSPS) is 14.4. The second-order valence-electron chi connectivity index (χ2n) is 6.13. The van der Waals surface area contributed by atoms with Gasteiger partial charge in [-0.25, -0.2) is 0 Å². The standard InChI is InChI=1S/C17H24F3NO3/c1-6-24-14-8-7-12(9-13(14)17(18,19)20)21-15(22)16(4,23-5)10-11(2)3/h7-9,11H,6,10H2,1-5H3,(H,21,22)/t16-/m1/s1. The van der Waals surface area contributed by atoms with Crippen LogP contribution in [-0.4, -0.2) is 25.2 Å². The summed E-state index contributed by atoms with van der Waals surface area (Å²) in [6, 6.07) is 3.45. The van der Waals surface area contributed by atoms with E-state index in [1.165, 1.54) is 19.2 Å². The molecule has 0 unspecified atom stereocenters. The van der Waals surface area contributed by atoms with Crippen LogP contribution in [-0.2, 0) is 15.7 Å². The second-order valence-corrected chi connectivity index (χ2v) is 6.13. The fourth-order valence-corrected chi connectivity index (χ4v) is 2.42. The quantitative estimate of drug-likeness (QED) is 0.790. The summed E-state index contributed by atoms with van der Waals surface area (Å²) in [6.45, 7) is 7.20. The monoisotopic (exact) mass is 347 g/mol. The van der Waals surface area contributed by atoms with Gasteiger partial charge in [-0.2, -0.15) is 13.2 Å². The van der Waals surface area contributed by atoms with E-state index in [0.717, 1.165) is 6.07 Å². The van der Waals surface area contributed by atoms with Gasteiger partial charge in [0.05, 0.1) is 12.2 Å². The van der Waals surface area contributed by atoms with Gasteiger partial charge in [-0.15, -0.1) is 0 Å². The van der Waals surface area contributed by atoms with Crippen molar-refractivity contribution in [2.75, 3.05) is 19.0 Å². The average Bonchev–Trinajstić information content (AvgIpc) is 2.47. The lowest BCUT2D eigenvalue weighted by Gasteiger charge is -2.28. The number of benzene rings is 1. The van der Waals surface area contributed by atoms with Gasteiger partial charge in [0.25, 0.3) is 5.91 Å². The van der Waals surface area contributed by atoms with Gasteiger partial charge in [-0.05, 0) is 44.4 Å². The van der Waals surface area contributed by atoms with E-state index in [2.05, 4.69) is 5.32 Å². The lowest BCUT2D eigenvalue weighted by Crippen LogP contribution is -2.43. The Hall–Kier alpha value is -1.76. The zero-order valence-electron chi connectivity index (χ0n) is 14.6. The minimum atomic E-state index is -4.58. The molecule has 0 saturated heterocycles. The first-order chi connectivity index (χ1) is 11.0. The van der Waals surface area contributed by atoms with E-state index in [9.17, 15) is 18.0 Å². The Morgan fingerprint density at radius 1 is 1.29 bits per heavy atom. The Morgan fingerprint density at radius 3 is 2.38 bits per heavy atom. The molecule has 0 heterocycles. The molecule has 0 radical (unpaired) electrons. The van der Waals surface area contributed by atoms with Crippen molar-refractivity contribution in [2.24, 2.45) is 5.92 Å². The maximum absolute atomic E-state index is 13.1. The molecule has 0 bridgehead atoms. The molecule has 4 nitrogen and oxygen atoms in total. The summed E-state index contributed by atoms with van der Waals surface area (Å²) >= 11 is 0. The molecule has 0 spiro atoms. The van der Waals surface area contributed by atoms with Crippen LogP contribution in [0.25, 0.3) is 0 Å². The van der Waals surface area contributed by atoms with Crippen molar-refractivity contribution in [1.82, 2.24) is 0 Å². The van der Waals surface area contributed by atoms with Crippen LogP contribution in [0.5, 0.6) is 5.75 Å². The Morgan fingerprint density at radius 2 is 1.92 bits per heavy atom. The van der Waals surface area contributed by atoms with Crippen LogP contribution >= 0.6 is 0 Å². The van der Waals surface area contributed by atoms with Gasteiger partial charge >= 0.3 is 6.18 Å². The number of hydrogen-bond donors (Lipinski definition) is 1. The van der Waals surface area contributed by atoms with Gasteiger partial charge in [-0.1, -0.05) is 13.8 Å². The van der Waals surface area contributed by atoms with Gasteiger partial charge in [0.15, 0.2) is 0 Å². The number of amides is 1. The summed E-state index contributed by atoms with van der Waals surface area (Å²) in [4.78, 5) is 12.4. The van der Waals surface area contributed by atoms with Gasteiger partial charge in [0.1, 0.15) is 11.4 Å². The number of halogens is 3. The van der Waals surface area contributed by atoms with Crippen molar-refractivity contribution in [2.45, 2.75) is 45.9 Å². The maximum Gasteiger partial charge on any atom is 0.420 e. The predicted octanol–water partition coefficient (Wildman–Crippen LogP) is 4.49. The van der Waals surface area contributed by atoms with Gasteiger partial charge in [-0.3, -0.25) is 4.79 Å². The van der Waals surface area contributed by atoms with Crippen molar-refractivity contribution in [3.8, 4) is 5.75 Å². The molecule has 1 N–H and O–H groups in total. The number of carbonyl (C=O) groups excluding carboxylic acids is 1. The third-order valence-corrected chi connectivity index (χ3v) is 3.57. The van der Waals surface area contributed by atoms with Crippen LogP contribution in [0.1, 0.15) is 39.7 Å². The molecule has 0 aliphatic rings. The van der Waals surface area contributed by atoms with E-state index < -0.39 is 23.2 Å². The number of nitrogens with one attached hydrogen (secondary N) is 1. The number of rotatable bonds is 7. The summed E-state index contributed by atoms with van der Waals surface area (Å²) in [6.07, 6.45) is -4.13. The molecule has 0 fully saturated rings. The van der Waals surface area contributed by atoms with Crippen molar-refractivity contribution in [3.05, 3.63) is 23.8 Å². The van der Waals surface area contributed by atoms with Gasteiger partial charge in [0, 0.05) is 12.8 Å². The molecule has 24 heavy (non-hydrogen) atoms. The fraction of sp³-hybridized carbons (Fsp3) is 0.588. The molecular formula is C17H24F3NO3. The minimum Gasteiger partial charge on any atom is -0.493 e. The van der Waals surface area contributed by atoms with Crippen LogP contribution in [0.2, 0.25) is 0 Å². The fourth-order valence-electron chi connectivity index (χ4n) is 2.42. The van der Waals surface area contributed by atoms with Crippen LogP contribution < -0.4 is 10.1 Å². The zero-order chi connectivity index (χ0) is 18.5. The molecule has 1 atom stereocenters.